The first-order valence-corrected chi connectivity index (χ1v) is 6.50. The lowest BCUT2D eigenvalue weighted by atomic mass is 10.1. The number of halogens is 1. The van der Waals surface area contributed by atoms with E-state index in [0.29, 0.717) is 18.7 Å². The van der Waals surface area contributed by atoms with Crippen LogP contribution in [0.4, 0.5) is 4.39 Å². The van der Waals surface area contributed by atoms with Gasteiger partial charge in [-0.15, -0.1) is 11.3 Å². The minimum atomic E-state index is -0.393. The molecule has 0 fully saturated rings. The zero-order valence-corrected chi connectivity index (χ0v) is 10.5. The molecule has 18 heavy (non-hydrogen) atoms. The summed E-state index contributed by atoms with van der Waals surface area (Å²) in [6.07, 6.45) is 1.46. The molecule has 0 saturated carbocycles. The molecule has 0 N–H and O–H groups in total. The van der Waals surface area contributed by atoms with Gasteiger partial charge in [0.2, 0.25) is 0 Å². The van der Waals surface area contributed by atoms with Crippen molar-refractivity contribution in [1.82, 2.24) is 4.98 Å². The van der Waals surface area contributed by atoms with Crippen LogP contribution in [0.3, 0.4) is 0 Å². The summed E-state index contributed by atoms with van der Waals surface area (Å²) >= 11 is 1.36. The van der Waals surface area contributed by atoms with E-state index in [4.69, 9.17) is 4.74 Å². The van der Waals surface area contributed by atoms with Gasteiger partial charge in [-0.1, -0.05) is 12.1 Å². The number of ether oxygens (including phenoxy) is 1. The number of benzene rings is 1. The first-order chi connectivity index (χ1) is 8.75. The molecule has 94 valence electrons. The van der Waals surface area contributed by atoms with Gasteiger partial charge in [0.25, 0.3) is 0 Å². The molecule has 1 aromatic carbocycles. The van der Waals surface area contributed by atoms with E-state index in [1.54, 1.807) is 23.0 Å². The molecule has 1 heterocycles. The van der Waals surface area contributed by atoms with Gasteiger partial charge in [-0.05, 0) is 30.5 Å². The standard InChI is InChI=1S/C13H12FNO2S/c14-11-5-3-10(4-6-11)2-1-7-17-13(16)12-8-18-9-15-12/h3-6,8-9H,1-2,7H2. The predicted octanol–water partition coefficient (Wildman–Crippen LogP) is 3.07. The number of hydrogen-bond acceptors (Lipinski definition) is 4. The smallest absolute Gasteiger partial charge is 0.357 e. The lowest BCUT2D eigenvalue weighted by Gasteiger charge is -2.03. The molecule has 0 aliphatic rings. The second kappa shape index (κ2) is 6.26. The van der Waals surface area contributed by atoms with Crippen LogP contribution in [-0.4, -0.2) is 17.6 Å². The number of aryl methyl sites for hydroxylation is 1. The molecule has 0 unspecified atom stereocenters. The van der Waals surface area contributed by atoms with Crippen molar-refractivity contribution in [3.05, 3.63) is 52.2 Å². The lowest BCUT2D eigenvalue weighted by Crippen LogP contribution is -2.07. The molecular formula is C13H12FNO2S. The number of aromatic nitrogens is 1. The Morgan fingerprint density at radius 3 is 2.78 bits per heavy atom. The zero-order valence-electron chi connectivity index (χ0n) is 9.64. The monoisotopic (exact) mass is 265 g/mol. The molecule has 0 bridgehead atoms. The van der Waals surface area contributed by atoms with Crippen LogP contribution in [0.15, 0.2) is 35.2 Å². The minimum Gasteiger partial charge on any atom is -0.461 e. The average molecular weight is 265 g/mol. The van der Waals surface area contributed by atoms with Crippen LogP contribution in [0.2, 0.25) is 0 Å². The van der Waals surface area contributed by atoms with Gasteiger partial charge in [-0.2, -0.15) is 0 Å². The maximum absolute atomic E-state index is 12.7. The first-order valence-electron chi connectivity index (χ1n) is 5.55. The maximum Gasteiger partial charge on any atom is 0.357 e. The van der Waals surface area contributed by atoms with E-state index in [1.165, 1.54) is 23.5 Å². The number of carbonyl (C=O) groups is 1. The third-order valence-electron chi connectivity index (χ3n) is 2.40. The average Bonchev–Trinajstić information content (AvgIpc) is 2.90. The number of nitrogens with zero attached hydrogens (tertiary/aromatic N) is 1. The van der Waals surface area contributed by atoms with Crippen molar-refractivity contribution in [2.24, 2.45) is 0 Å². The quantitative estimate of drug-likeness (QED) is 0.616. The molecule has 2 rings (SSSR count). The van der Waals surface area contributed by atoms with Gasteiger partial charge in [0.1, 0.15) is 5.82 Å². The van der Waals surface area contributed by atoms with Gasteiger partial charge in [0.15, 0.2) is 5.69 Å². The van der Waals surface area contributed by atoms with Gasteiger partial charge in [0, 0.05) is 5.38 Å². The van der Waals surface area contributed by atoms with E-state index in [1.807, 2.05) is 0 Å². The lowest BCUT2D eigenvalue weighted by molar-refractivity contribution is 0.0494. The molecule has 0 spiro atoms. The SMILES string of the molecule is O=C(OCCCc1ccc(F)cc1)c1cscn1. The molecular weight excluding hydrogens is 253 g/mol. The molecule has 3 nitrogen and oxygen atoms in total. The number of hydrogen-bond donors (Lipinski definition) is 0. The topological polar surface area (TPSA) is 39.2 Å². The Balaban J connectivity index is 1.70. The van der Waals surface area contributed by atoms with Crippen LogP contribution in [0.1, 0.15) is 22.5 Å². The Morgan fingerprint density at radius 1 is 1.33 bits per heavy atom. The van der Waals surface area contributed by atoms with Crippen molar-refractivity contribution < 1.29 is 13.9 Å². The van der Waals surface area contributed by atoms with Gasteiger partial charge in [-0.25, -0.2) is 14.2 Å². The second-order valence-electron chi connectivity index (χ2n) is 3.74. The zero-order chi connectivity index (χ0) is 12.8. The Bertz CT molecular complexity index is 496. The molecule has 0 radical (unpaired) electrons. The fraction of sp³-hybridized carbons (Fsp3) is 0.231. The van der Waals surface area contributed by atoms with E-state index in [2.05, 4.69) is 4.98 Å². The summed E-state index contributed by atoms with van der Waals surface area (Å²) in [6, 6.07) is 6.32. The largest absolute Gasteiger partial charge is 0.461 e. The highest BCUT2D eigenvalue weighted by Crippen LogP contribution is 2.07. The summed E-state index contributed by atoms with van der Waals surface area (Å²) < 4.78 is 17.7. The van der Waals surface area contributed by atoms with Crippen LogP contribution in [-0.2, 0) is 11.2 Å². The normalized spacial score (nSPS) is 10.3. The van der Waals surface area contributed by atoms with E-state index < -0.39 is 5.97 Å². The van der Waals surface area contributed by atoms with Crippen LogP contribution in [0.25, 0.3) is 0 Å². The molecule has 0 aliphatic carbocycles. The summed E-state index contributed by atoms with van der Waals surface area (Å²) in [6.45, 7) is 0.341. The van der Waals surface area contributed by atoms with Crippen molar-refractivity contribution in [2.45, 2.75) is 12.8 Å². The van der Waals surface area contributed by atoms with Crippen LogP contribution < -0.4 is 0 Å². The fourth-order valence-electron chi connectivity index (χ4n) is 1.48. The molecule has 0 amide bonds. The Hall–Kier alpha value is -1.75. The second-order valence-corrected chi connectivity index (χ2v) is 4.46. The molecule has 5 heteroatoms. The molecule has 0 aliphatic heterocycles. The van der Waals surface area contributed by atoms with Crippen molar-refractivity contribution in [1.29, 1.82) is 0 Å². The summed E-state index contributed by atoms with van der Waals surface area (Å²) in [5.41, 5.74) is 2.97. The highest BCUT2D eigenvalue weighted by molar-refractivity contribution is 7.07. The molecule has 0 saturated heterocycles. The fourth-order valence-corrected chi connectivity index (χ4v) is 2.00. The summed E-state index contributed by atoms with van der Waals surface area (Å²) in [5.74, 6) is -0.635. The predicted molar refractivity (Wildman–Crippen MR) is 67.1 cm³/mol. The van der Waals surface area contributed by atoms with Crippen LogP contribution in [0.5, 0.6) is 0 Å². The van der Waals surface area contributed by atoms with Crippen molar-refractivity contribution >= 4 is 17.3 Å². The highest BCUT2D eigenvalue weighted by atomic mass is 32.1. The molecule has 1 aromatic heterocycles. The van der Waals surface area contributed by atoms with Crippen LogP contribution >= 0.6 is 11.3 Å². The van der Waals surface area contributed by atoms with E-state index >= 15 is 0 Å². The third kappa shape index (κ3) is 3.63. The van der Waals surface area contributed by atoms with Gasteiger partial charge in [-0.3, -0.25) is 0 Å². The van der Waals surface area contributed by atoms with E-state index in [0.717, 1.165) is 12.0 Å². The Morgan fingerprint density at radius 2 is 2.11 bits per heavy atom. The highest BCUT2D eigenvalue weighted by Gasteiger charge is 2.08. The third-order valence-corrected chi connectivity index (χ3v) is 2.98. The Labute approximate surface area is 108 Å². The van der Waals surface area contributed by atoms with Crippen molar-refractivity contribution in [2.75, 3.05) is 6.61 Å². The number of esters is 1. The maximum atomic E-state index is 12.7. The van der Waals surface area contributed by atoms with Gasteiger partial charge >= 0.3 is 5.97 Å². The van der Waals surface area contributed by atoms with E-state index in [-0.39, 0.29) is 5.82 Å². The molecule has 0 atom stereocenters. The van der Waals surface area contributed by atoms with E-state index in [9.17, 15) is 9.18 Å². The summed E-state index contributed by atoms with van der Waals surface area (Å²) in [5, 5.41) is 1.66. The van der Waals surface area contributed by atoms with Crippen LogP contribution in [0, 0.1) is 5.82 Å². The van der Waals surface area contributed by atoms with Crippen molar-refractivity contribution in [3.8, 4) is 0 Å². The first kappa shape index (κ1) is 12.7. The van der Waals surface area contributed by atoms with Gasteiger partial charge < -0.3 is 4.74 Å². The Kier molecular flexibility index (Phi) is 4.41. The number of rotatable bonds is 5. The van der Waals surface area contributed by atoms with Gasteiger partial charge in [0.05, 0.1) is 12.1 Å². The van der Waals surface area contributed by atoms with Crippen molar-refractivity contribution in [3.63, 3.8) is 0 Å². The number of thiazole rings is 1. The summed E-state index contributed by atoms with van der Waals surface area (Å²) in [7, 11) is 0. The molecule has 2 aromatic rings. The minimum absolute atomic E-state index is 0.242. The summed E-state index contributed by atoms with van der Waals surface area (Å²) in [4.78, 5) is 15.3. The number of carbonyl (C=O) groups excluding carboxylic acids is 1.